The maximum atomic E-state index is 13.5. The average Bonchev–Trinajstić information content (AvgIpc) is 2.49. The van der Waals surface area contributed by atoms with Crippen LogP contribution in [0.5, 0.6) is 0 Å². The van der Waals surface area contributed by atoms with Gasteiger partial charge in [0.05, 0.1) is 0 Å². The van der Waals surface area contributed by atoms with Gasteiger partial charge in [-0.05, 0) is 43.4 Å². The number of carbonyl (C=O) groups is 1. The number of ketones is 1. The molecule has 1 aromatic carbocycles. The fourth-order valence-corrected chi connectivity index (χ4v) is 2.09. The number of hydrogen-bond acceptors (Lipinski definition) is 1. The maximum Gasteiger partial charge on any atom is 0.162 e. The Morgan fingerprint density at radius 1 is 1.12 bits per heavy atom. The first-order valence-electron chi connectivity index (χ1n) is 5.82. The van der Waals surface area contributed by atoms with E-state index in [4.69, 9.17) is 0 Å². The number of carbonyl (C=O) groups excluding carboxylic acids is 1. The maximum absolute atomic E-state index is 13.5. The van der Waals surface area contributed by atoms with Crippen LogP contribution in [0.3, 0.4) is 0 Å². The van der Waals surface area contributed by atoms with Crippen LogP contribution in [0.25, 0.3) is 0 Å². The van der Waals surface area contributed by atoms with Crippen molar-refractivity contribution in [3.63, 3.8) is 0 Å². The molecule has 17 heavy (non-hydrogen) atoms. The molecule has 0 saturated carbocycles. The van der Waals surface area contributed by atoms with E-state index in [0.717, 1.165) is 30.9 Å². The number of halogens is 2. The van der Waals surface area contributed by atoms with E-state index in [2.05, 4.69) is 0 Å². The highest BCUT2D eigenvalue weighted by Crippen LogP contribution is 2.21. The van der Waals surface area contributed by atoms with Gasteiger partial charge in [-0.2, -0.15) is 0 Å². The highest BCUT2D eigenvalue weighted by Gasteiger charge is 2.12. The lowest BCUT2D eigenvalue weighted by Gasteiger charge is -2.06. The molecule has 0 spiro atoms. The molecule has 1 nitrogen and oxygen atoms in total. The van der Waals surface area contributed by atoms with Crippen LogP contribution in [-0.4, -0.2) is 5.78 Å². The van der Waals surface area contributed by atoms with E-state index in [-0.39, 0.29) is 5.78 Å². The zero-order valence-corrected chi connectivity index (χ0v) is 9.51. The van der Waals surface area contributed by atoms with Crippen LogP contribution in [0.4, 0.5) is 8.78 Å². The van der Waals surface area contributed by atoms with Gasteiger partial charge in [0.15, 0.2) is 17.4 Å². The zero-order chi connectivity index (χ0) is 12.3. The number of hydrogen-bond donors (Lipinski definition) is 0. The SMILES string of the molecule is O=C1C=C(Cc2cccc(F)c2F)CCCC1. The number of allylic oxidation sites excluding steroid dienone is 2. The highest BCUT2D eigenvalue weighted by molar-refractivity contribution is 5.90. The Morgan fingerprint density at radius 3 is 2.71 bits per heavy atom. The van der Waals surface area contributed by atoms with Crippen LogP contribution in [0.15, 0.2) is 29.8 Å². The Balaban J connectivity index is 2.20. The summed E-state index contributed by atoms with van der Waals surface area (Å²) < 4.78 is 26.5. The minimum atomic E-state index is -0.831. The van der Waals surface area contributed by atoms with Gasteiger partial charge in [-0.25, -0.2) is 8.78 Å². The molecule has 0 N–H and O–H groups in total. The predicted molar refractivity (Wildman–Crippen MR) is 61.6 cm³/mol. The van der Waals surface area contributed by atoms with Crippen LogP contribution in [0.2, 0.25) is 0 Å². The van der Waals surface area contributed by atoms with E-state index in [1.54, 1.807) is 12.1 Å². The van der Waals surface area contributed by atoms with Gasteiger partial charge in [0.25, 0.3) is 0 Å². The molecule has 1 aliphatic carbocycles. The van der Waals surface area contributed by atoms with Crippen molar-refractivity contribution in [1.82, 2.24) is 0 Å². The molecule has 0 bridgehead atoms. The number of rotatable bonds is 2. The molecule has 90 valence electrons. The first kappa shape index (κ1) is 12.0. The van der Waals surface area contributed by atoms with Crippen LogP contribution < -0.4 is 0 Å². The summed E-state index contributed by atoms with van der Waals surface area (Å²) in [5, 5.41) is 0. The first-order chi connectivity index (χ1) is 8.16. The fourth-order valence-electron chi connectivity index (χ4n) is 2.09. The molecule has 0 atom stereocenters. The summed E-state index contributed by atoms with van der Waals surface area (Å²) in [5.74, 6) is -1.54. The lowest BCUT2D eigenvalue weighted by Crippen LogP contribution is -1.98. The van der Waals surface area contributed by atoms with Crippen LogP contribution in [0.1, 0.15) is 31.2 Å². The molecule has 0 heterocycles. The molecule has 0 unspecified atom stereocenters. The van der Waals surface area contributed by atoms with Gasteiger partial charge >= 0.3 is 0 Å². The van der Waals surface area contributed by atoms with Crippen molar-refractivity contribution in [3.05, 3.63) is 47.0 Å². The van der Waals surface area contributed by atoms with Gasteiger partial charge in [-0.15, -0.1) is 0 Å². The Morgan fingerprint density at radius 2 is 1.88 bits per heavy atom. The third-order valence-electron chi connectivity index (χ3n) is 2.99. The van der Waals surface area contributed by atoms with Crippen molar-refractivity contribution in [2.75, 3.05) is 0 Å². The summed E-state index contributed by atoms with van der Waals surface area (Å²) in [6, 6.07) is 4.16. The normalized spacial score (nSPS) is 16.6. The molecular formula is C14H14F2O. The second-order valence-electron chi connectivity index (χ2n) is 4.37. The quantitative estimate of drug-likeness (QED) is 0.767. The summed E-state index contributed by atoms with van der Waals surface area (Å²) in [4.78, 5) is 11.4. The minimum Gasteiger partial charge on any atom is -0.295 e. The van der Waals surface area contributed by atoms with E-state index in [0.29, 0.717) is 18.4 Å². The molecule has 3 heteroatoms. The third-order valence-corrected chi connectivity index (χ3v) is 2.99. The summed E-state index contributed by atoms with van der Waals surface area (Å²) in [5.41, 5.74) is 1.22. The monoisotopic (exact) mass is 236 g/mol. The highest BCUT2D eigenvalue weighted by atomic mass is 19.2. The summed E-state index contributed by atoms with van der Waals surface area (Å²) in [6.45, 7) is 0. The average molecular weight is 236 g/mol. The van der Waals surface area contributed by atoms with Crippen LogP contribution >= 0.6 is 0 Å². The summed E-state index contributed by atoms with van der Waals surface area (Å²) in [6.07, 6.45) is 5.10. The molecule has 1 aromatic rings. The Kier molecular flexibility index (Phi) is 3.67. The lowest BCUT2D eigenvalue weighted by atomic mass is 10.0. The topological polar surface area (TPSA) is 17.1 Å². The smallest absolute Gasteiger partial charge is 0.162 e. The summed E-state index contributed by atoms with van der Waals surface area (Å²) >= 11 is 0. The predicted octanol–water partition coefficient (Wildman–Crippen LogP) is 3.58. The lowest BCUT2D eigenvalue weighted by molar-refractivity contribution is -0.114. The van der Waals surface area contributed by atoms with Crippen molar-refractivity contribution in [3.8, 4) is 0 Å². The molecule has 2 rings (SSSR count). The Hall–Kier alpha value is -1.51. The molecule has 0 aromatic heterocycles. The van der Waals surface area contributed by atoms with Crippen LogP contribution in [0, 0.1) is 11.6 Å². The fraction of sp³-hybridized carbons (Fsp3) is 0.357. The molecule has 0 radical (unpaired) electrons. The van der Waals surface area contributed by atoms with Gasteiger partial charge in [0, 0.05) is 6.42 Å². The van der Waals surface area contributed by atoms with Gasteiger partial charge in [-0.1, -0.05) is 17.7 Å². The van der Waals surface area contributed by atoms with E-state index >= 15 is 0 Å². The van der Waals surface area contributed by atoms with Crippen LogP contribution in [-0.2, 0) is 11.2 Å². The van der Waals surface area contributed by atoms with E-state index in [1.165, 1.54) is 6.07 Å². The van der Waals surface area contributed by atoms with Crippen molar-refractivity contribution in [2.24, 2.45) is 0 Å². The van der Waals surface area contributed by atoms with Gasteiger partial charge in [0.1, 0.15) is 0 Å². The summed E-state index contributed by atoms with van der Waals surface area (Å²) in [7, 11) is 0. The van der Waals surface area contributed by atoms with E-state index < -0.39 is 11.6 Å². The Bertz CT molecular complexity index is 463. The third kappa shape index (κ3) is 2.99. The van der Waals surface area contributed by atoms with Crippen molar-refractivity contribution >= 4 is 5.78 Å². The standard InChI is InChI=1S/C14H14F2O/c15-13-7-3-5-11(14(13)16)8-10-4-1-2-6-12(17)9-10/h3,5,7,9H,1-2,4,6,8H2. The largest absolute Gasteiger partial charge is 0.295 e. The molecule has 0 amide bonds. The van der Waals surface area contributed by atoms with Crippen molar-refractivity contribution < 1.29 is 13.6 Å². The van der Waals surface area contributed by atoms with E-state index in [9.17, 15) is 13.6 Å². The van der Waals surface area contributed by atoms with E-state index in [1.807, 2.05) is 0 Å². The molecular weight excluding hydrogens is 222 g/mol. The van der Waals surface area contributed by atoms with Gasteiger partial charge in [-0.3, -0.25) is 4.79 Å². The Labute approximate surface area is 99.1 Å². The molecule has 0 saturated heterocycles. The molecule has 1 aliphatic rings. The number of benzene rings is 1. The minimum absolute atomic E-state index is 0.0920. The van der Waals surface area contributed by atoms with Crippen molar-refractivity contribution in [2.45, 2.75) is 32.1 Å². The zero-order valence-electron chi connectivity index (χ0n) is 9.51. The second-order valence-corrected chi connectivity index (χ2v) is 4.37. The first-order valence-corrected chi connectivity index (χ1v) is 5.82. The molecule has 0 fully saturated rings. The van der Waals surface area contributed by atoms with Crippen molar-refractivity contribution in [1.29, 1.82) is 0 Å². The molecule has 0 aliphatic heterocycles. The van der Waals surface area contributed by atoms with Gasteiger partial charge in [0.2, 0.25) is 0 Å². The second kappa shape index (κ2) is 5.21. The van der Waals surface area contributed by atoms with Gasteiger partial charge < -0.3 is 0 Å².